The molecule has 0 bridgehead atoms. The number of hydrogen-bond donors (Lipinski definition) is 1. The van der Waals surface area contributed by atoms with Gasteiger partial charge in [0.1, 0.15) is 5.75 Å². The Morgan fingerprint density at radius 1 is 1.36 bits per heavy atom. The predicted octanol–water partition coefficient (Wildman–Crippen LogP) is 3.22. The molecular weight excluding hydrogens is 358 g/mol. The lowest BCUT2D eigenvalue weighted by molar-refractivity contribution is 0.109. The number of allylic oxidation sites excluding steroid dienone is 1. The van der Waals surface area contributed by atoms with Crippen LogP contribution in [-0.2, 0) is 4.74 Å². The second-order valence-electron chi connectivity index (χ2n) is 5.67. The summed E-state index contributed by atoms with van der Waals surface area (Å²) in [6.45, 7) is 2.68. The summed E-state index contributed by atoms with van der Waals surface area (Å²) in [4.78, 5) is 5.15. The fraction of sp³-hybridized carbons (Fsp3) is 0.294. The van der Waals surface area contributed by atoms with Crippen molar-refractivity contribution in [1.29, 1.82) is 0 Å². The Labute approximate surface area is 154 Å². The van der Waals surface area contributed by atoms with Gasteiger partial charge < -0.3 is 19.6 Å². The van der Waals surface area contributed by atoms with E-state index in [1.807, 2.05) is 29.3 Å². The summed E-state index contributed by atoms with van der Waals surface area (Å²) in [5.41, 5.74) is 2.82. The number of nitrogens with zero attached hydrogens (tertiary/aromatic N) is 3. The minimum Gasteiger partial charge on any atom is -0.497 e. The van der Waals surface area contributed by atoms with E-state index in [0.717, 1.165) is 27.5 Å². The second-order valence-corrected chi connectivity index (χ2v) is 7.35. The number of methoxy groups -OCH3 is 1. The molecule has 130 valence electrons. The Kier molecular flexibility index (Phi) is 4.32. The number of hydrogen-bond acceptors (Lipinski definition) is 7. The molecule has 8 heteroatoms. The molecule has 0 atom stereocenters. The molecule has 0 saturated carbocycles. The fourth-order valence-electron chi connectivity index (χ4n) is 2.93. The van der Waals surface area contributed by atoms with Crippen molar-refractivity contribution in [1.82, 2.24) is 4.68 Å². The molecular formula is C17H17N3O3S2. The monoisotopic (exact) mass is 375 g/mol. The van der Waals surface area contributed by atoms with E-state index in [2.05, 4.69) is 4.99 Å². The number of ether oxygens (including phenoxy) is 2. The van der Waals surface area contributed by atoms with Gasteiger partial charge in [-0.25, -0.2) is 4.68 Å². The molecule has 1 fully saturated rings. The highest BCUT2D eigenvalue weighted by Gasteiger charge is 2.20. The van der Waals surface area contributed by atoms with Gasteiger partial charge in [0.2, 0.25) is 5.88 Å². The van der Waals surface area contributed by atoms with Crippen LogP contribution in [-0.4, -0.2) is 49.4 Å². The van der Waals surface area contributed by atoms with E-state index in [1.54, 1.807) is 18.0 Å². The van der Waals surface area contributed by atoms with E-state index in [1.165, 1.54) is 11.3 Å². The smallest absolute Gasteiger partial charge is 0.230 e. The van der Waals surface area contributed by atoms with Crippen molar-refractivity contribution in [2.75, 3.05) is 38.4 Å². The topological polar surface area (TPSA) is 59.2 Å². The van der Waals surface area contributed by atoms with Crippen molar-refractivity contribution in [3.63, 3.8) is 0 Å². The summed E-state index contributed by atoms with van der Waals surface area (Å²) in [5, 5.41) is 12.7. The van der Waals surface area contributed by atoms with Crippen LogP contribution in [0.1, 0.15) is 10.4 Å². The Morgan fingerprint density at radius 2 is 2.16 bits per heavy atom. The molecule has 0 unspecified atom stereocenters. The molecule has 1 aromatic heterocycles. The largest absolute Gasteiger partial charge is 0.497 e. The maximum absolute atomic E-state index is 10.7. The SMILES string of the molecule is COc1ccc2c(c1)N=C/C2=C\c1sc(=S)n(N2CCOCC2)c1O. The lowest BCUT2D eigenvalue weighted by Crippen LogP contribution is -2.43. The number of morpholine rings is 1. The first-order chi connectivity index (χ1) is 12.2. The van der Waals surface area contributed by atoms with Crippen molar-refractivity contribution in [3.05, 3.63) is 32.6 Å². The number of aromatic nitrogens is 1. The summed E-state index contributed by atoms with van der Waals surface area (Å²) >= 11 is 6.84. The molecule has 0 radical (unpaired) electrons. The molecule has 4 rings (SSSR count). The average molecular weight is 375 g/mol. The summed E-state index contributed by atoms with van der Waals surface area (Å²) in [6, 6.07) is 5.78. The van der Waals surface area contributed by atoms with E-state index in [4.69, 9.17) is 21.7 Å². The zero-order chi connectivity index (χ0) is 17.4. The van der Waals surface area contributed by atoms with Crippen LogP contribution in [0.4, 0.5) is 5.69 Å². The Bertz CT molecular complexity index is 924. The fourth-order valence-corrected chi connectivity index (χ4v) is 4.24. The molecule has 0 spiro atoms. The van der Waals surface area contributed by atoms with Gasteiger partial charge in [-0.1, -0.05) is 11.3 Å². The molecule has 1 N–H and O–H groups in total. The van der Waals surface area contributed by atoms with Crippen LogP contribution < -0.4 is 9.75 Å². The summed E-state index contributed by atoms with van der Waals surface area (Å²) in [7, 11) is 1.64. The molecule has 2 aromatic rings. The van der Waals surface area contributed by atoms with Crippen LogP contribution in [0.5, 0.6) is 11.6 Å². The van der Waals surface area contributed by atoms with Crippen molar-refractivity contribution >= 4 is 47.1 Å². The van der Waals surface area contributed by atoms with Crippen molar-refractivity contribution < 1.29 is 14.6 Å². The summed E-state index contributed by atoms with van der Waals surface area (Å²) in [5.74, 6) is 0.939. The van der Waals surface area contributed by atoms with Gasteiger partial charge in [0.25, 0.3) is 0 Å². The predicted molar refractivity (Wildman–Crippen MR) is 103 cm³/mol. The van der Waals surface area contributed by atoms with Crippen molar-refractivity contribution in [3.8, 4) is 11.6 Å². The van der Waals surface area contributed by atoms with E-state index in [-0.39, 0.29) is 5.88 Å². The highest BCUT2D eigenvalue weighted by molar-refractivity contribution is 7.73. The Balaban J connectivity index is 1.70. The highest BCUT2D eigenvalue weighted by Crippen LogP contribution is 2.37. The van der Waals surface area contributed by atoms with Crippen molar-refractivity contribution in [2.24, 2.45) is 4.99 Å². The van der Waals surface area contributed by atoms with Gasteiger partial charge in [0, 0.05) is 23.4 Å². The molecule has 1 saturated heterocycles. The molecule has 2 aliphatic rings. The minimum atomic E-state index is 0.166. The van der Waals surface area contributed by atoms with Gasteiger partial charge in [-0.15, -0.1) is 0 Å². The van der Waals surface area contributed by atoms with Crippen LogP contribution in [0.25, 0.3) is 11.6 Å². The number of aromatic hydroxyl groups is 1. The standard InChI is InChI=1S/C17H17N3O3S2/c1-22-12-2-3-13-11(10-18-14(13)9-12)8-15-16(21)20(17(24)25-15)19-4-6-23-7-5-19/h2-3,8-10,21H,4-7H2,1H3/b11-8+. The van der Waals surface area contributed by atoms with Gasteiger partial charge in [0.15, 0.2) is 3.95 Å². The minimum absolute atomic E-state index is 0.166. The van der Waals surface area contributed by atoms with Crippen molar-refractivity contribution in [2.45, 2.75) is 0 Å². The first-order valence-corrected chi connectivity index (χ1v) is 9.12. The van der Waals surface area contributed by atoms with Crippen LogP contribution in [0.15, 0.2) is 23.2 Å². The van der Waals surface area contributed by atoms with E-state index in [9.17, 15) is 5.11 Å². The van der Waals surface area contributed by atoms with E-state index < -0.39 is 0 Å². The Morgan fingerprint density at radius 3 is 2.92 bits per heavy atom. The molecule has 2 aliphatic heterocycles. The van der Waals surface area contributed by atoms with Crippen LogP contribution in [0, 0.1) is 3.95 Å². The molecule has 0 amide bonds. The third kappa shape index (κ3) is 2.97. The zero-order valence-corrected chi connectivity index (χ0v) is 15.3. The second kappa shape index (κ2) is 6.62. The number of rotatable bonds is 3. The third-order valence-corrected chi connectivity index (χ3v) is 5.50. The average Bonchev–Trinajstić information content (AvgIpc) is 3.16. The highest BCUT2D eigenvalue weighted by atomic mass is 32.1. The first-order valence-electron chi connectivity index (χ1n) is 7.89. The number of fused-ring (bicyclic) bond motifs is 1. The number of benzene rings is 1. The molecule has 25 heavy (non-hydrogen) atoms. The quantitative estimate of drug-likeness (QED) is 0.835. The number of thiazole rings is 1. The van der Waals surface area contributed by atoms with Gasteiger partial charge in [-0.2, -0.15) is 0 Å². The van der Waals surface area contributed by atoms with E-state index >= 15 is 0 Å². The normalized spacial score (nSPS) is 18.0. The Hall–Kier alpha value is -2.16. The maximum atomic E-state index is 10.7. The molecule has 0 aliphatic carbocycles. The number of aliphatic imine (C=N–C) groups is 1. The van der Waals surface area contributed by atoms with Gasteiger partial charge >= 0.3 is 0 Å². The van der Waals surface area contributed by atoms with E-state index in [0.29, 0.717) is 30.3 Å². The van der Waals surface area contributed by atoms with Crippen LogP contribution >= 0.6 is 23.6 Å². The van der Waals surface area contributed by atoms with Crippen LogP contribution in [0.3, 0.4) is 0 Å². The third-order valence-electron chi connectivity index (χ3n) is 4.21. The summed E-state index contributed by atoms with van der Waals surface area (Å²) < 4.78 is 12.9. The molecule has 1 aromatic carbocycles. The molecule has 3 heterocycles. The van der Waals surface area contributed by atoms with Gasteiger partial charge in [0.05, 0.1) is 44.0 Å². The van der Waals surface area contributed by atoms with Crippen LogP contribution in [0.2, 0.25) is 0 Å². The van der Waals surface area contributed by atoms with Gasteiger partial charge in [-0.05, 0) is 30.4 Å². The lowest BCUT2D eigenvalue weighted by Gasteiger charge is -2.29. The van der Waals surface area contributed by atoms with Gasteiger partial charge in [-0.3, -0.25) is 4.99 Å². The zero-order valence-electron chi connectivity index (χ0n) is 13.6. The maximum Gasteiger partial charge on any atom is 0.230 e. The summed E-state index contributed by atoms with van der Waals surface area (Å²) in [6.07, 6.45) is 3.72. The lowest BCUT2D eigenvalue weighted by atomic mass is 10.1. The molecule has 6 nitrogen and oxygen atoms in total. The first kappa shape index (κ1) is 16.3.